The van der Waals surface area contributed by atoms with E-state index < -0.39 is 4.92 Å². The Kier molecular flexibility index (Phi) is 6.51. The molecule has 2 aromatic carbocycles. The molecule has 0 spiro atoms. The molecule has 140 valence electrons. The molecular formula is C17H15Br2N5O2S. The number of hydrogen-bond donors (Lipinski definition) is 0. The first-order valence-electron chi connectivity index (χ1n) is 8.17. The van der Waals surface area contributed by atoms with E-state index in [1.54, 1.807) is 11.3 Å². The molecule has 0 saturated carbocycles. The van der Waals surface area contributed by atoms with Crippen LogP contribution in [0.25, 0.3) is 10.2 Å². The van der Waals surface area contributed by atoms with Crippen molar-refractivity contribution in [2.24, 2.45) is 15.4 Å². The van der Waals surface area contributed by atoms with E-state index in [0.29, 0.717) is 14.6 Å². The van der Waals surface area contributed by atoms with E-state index in [1.165, 1.54) is 12.1 Å². The summed E-state index contributed by atoms with van der Waals surface area (Å²) in [5.74, 6) is 0. The third kappa shape index (κ3) is 4.50. The van der Waals surface area contributed by atoms with Crippen LogP contribution in [0.3, 0.4) is 0 Å². The molecule has 0 N–H and O–H groups in total. The lowest BCUT2D eigenvalue weighted by Crippen LogP contribution is -2.14. The fraction of sp³-hybridized carbons (Fsp3) is 0.235. The maximum Gasteiger partial charge on any atom is 0.271 e. The zero-order valence-corrected chi connectivity index (χ0v) is 18.3. The molecule has 0 saturated heterocycles. The third-order valence-corrected chi connectivity index (χ3v) is 6.07. The third-order valence-electron chi connectivity index (χ3n) is 3.81. The summed E-state index contributed by atoms with van der Waals surface area (Å²) in [4.78, 5) is 11.2. The van der Waals surface area contributed by atoms with E-state index >= 15 is 0 Å². The maximum absolute atomic E-state index is 10.9. The van der Waals surface area contributed by atoms with Crippen LogP contribution in [0.15, 0.2) is 60.8 Å². The lowest BCUT2D eigenvalue weighted by molar-refractivity contribution is -0.385. The Hall–Kier alpha value is -1.91. The van der Waals surface area contributed by atoms with Gasteiger partial charge in [-0.3, -0.25) is 10.1 Å². The molecular weight excluding hydrogens is 498 g/mol. The van der Waals surface area contributed by atoms with E-state index in [2.05, 4.69) is 70.9 Å². The quantitative estimate of drug-likeness (QED) is 0.213. The summed E-state index contributed by atoms with van der Waals surface area (Å²) in [6.45, 7) is 3.01. The first-order valence-corrected chi connectivity index (χ1v) is 10.6. The number of nitro benzene ring substituents is 1. The molecule has 0 fully saturated rings. The fourth-order valence-electron chi connectivity index (χ4n) is 2.49. The van der Waals surface area contributed by atoms with E-state index in [9.17, 15) is 10.1 Å². The smallest absolute Gasteiger partial charge is 0.271 e. The molecule has 0 radical (unpaired) electrons. The minimum absolute atomic E-state index is 0.0356. The maximum atomic E-state index is 10.9. The van der Waals surface area contributed by atoms with Crippen molar-refractivity contribution in [1.29, 1.82) is 0 Å². The monoisotopic (exact) mass is 511 g/mol. The van der Waals surface area contributed by atoms with Gasteiger partial charge < -0.3 is 4.57 Å². The van der Waals surface area contributed by atoms with Gasteiger partial charge in [0.2, 0.25) is 4.80 Å². The van der Waals surface area contributed by atoms with E-state index in [0.717, 1.165) is 34.4 Å². The van der Waals surface area contributed by atoms with Crippen LogP contribution in [0.2, 0.25) is 0 Å². The van der Waals surface area contributed by atoms with Gasteiger partial charge in [0.05, 0.1) is 24.1 Å². The van der Waals surface area contributed by atoms with Crippen molar-refractivity contribution in [3.63, 3.8) is 0 Å². The molecule has 27 heavy (non-hydrogen) atoms. The summed E-state index contributed by atoms with van der Waals surface area (Å²) in [6.07, 6.45) is 2.13. The first kappa shape index (κ1) is 19.8. The van der Waals surface area contributed by atoms with E-state index in [-0.39, 0.29) is 5.69 Å². The highest BCUT2D eigenvalue weighted by Gasteiger charge is 2.13. The molecule has 7 nitrogen and oxygen atoms in total. The summed E-state index contributed by atoms with van der Waals surface area (Å²) in [7, 11) is 0. The molecule has 0 atom stereocenters. The lowest BCUT2D eigenvalue weighted by atomic mass is 10.3. The van der Waals surface area contributed by atoms with Gasteiger partial charge in [-0.15, -0.1) is 10.2 Å². The number of benzene rings is 2. The summed E-state index contributed by atoms with van der Waals surface area (Å²) < 4.78 is 4.22. The number of nitrogens with zero attached hydrogens (tertiary/aromatic N) is 5. The number of thiazole rings is 1. The van der Waals surface area contributed by atoms with Crippen molar-refractivity contribution in [3.8, 4) is 0 Å². The number of unbranched alkanes of at least 4 members (excludes halogenated alkanes) is 1. The molecule has 0 aliphatic heterocycles. The molecule has 1 aromatic heterocycles. The Labute approximate surface area is 175 Å². The minimum atomic E-state index is -0.464. The average molecular weight is 513 g/mol. The SMILES string of the molecule is CCCCn1/c(=N/N=Nc2c(Br)cc([N+](=O)[O-])cc2Br)sc2ccccc21. The van der Waals surface area contributed by atoms with Gasteiger partial charge in [0.1, 0.15) is 5.69 Å². The van der Waals surface area contributed by atoms with Crippen LogP contribution in [0.5, 0.6) is 0 Å². The van der Waals surface area contributed by atoms with Crippen molar-refractivity contribution in [2.75, 3.05) is 0 Å². The summed E-state index contributed by atoms with van der Waals surface area (Å²) in [5.41, 5.74) is 1.54. The van der Waals surface area contributed by atoms with Gasteiger partial charge in [0, 0.05) is 18.7 Å². The molecule has 3 aromatic rings. The summed E-state index contributed by atoms with van der Waals surface area (Å²) >= 11 is 8.15. The number of para-hydroxylation sites is 1. The van der Waals surface area contributed by atoms with E-state index in [4.69, 9.17) is 0 Å². The number of aromatic nitrogens is 1. The molecule has 3 rings (SSSR count). The number of aryl methyl sites for hydroxylation is 1. The molecule has 0 aliphatic carbocycles. The Balaban J connectivity index is 2.00. The van der Waals surface area contributed by atoms with Gasteiger partial charge >= 0.3 is 0 Å². The van der Waals surface area contributed by atoms with Crippen molar-refractivity contribution < 1.29 is 4.92 Å². The number of nitro groups is 1. The first-order chi connectivity index (χ1) is 13.0. The minimum Gasteiger partial charge on any atom is -0.315 e. The zero-order valence-electron chi connectivity index (χ0n) is 14.3. The van der Waals surface area contributed by atoms with Crippen molar-refractivity contribution >= 4 is 64.8 Å². The molecule has 0 unspecified atom stereocenters. The van der Waals surface area contributed by atoms with Gasteiger partial charge in [0.15, 0.2) is 0 Å². The second-order valence-electron chi connectivity index (χ2n) is 5.66. The van der Waals surface area contributed by atoms with Crippen LogP contribution in [0.4, 0.5) is 11.4 Å². The number of hydrogen-bond acceptors (Lipinski definition) is 5. The van der Waals surface area contributed by atoms with Gasteiger partial charge in [-0.1, -0.05) is 36.8 Å². The number of rotatable bonds is 6. The Morgan fingerprint density at radius 2 is 1.93 bits per heavy atom. The highest BCUT2D eigenvalue weighted by atomic mass is 79.9. The predicted octanol–water partition coefficient (Wildman–Crippen LogP) is 6.54. The standard InChI is InChI=1S/C17H15Br2N5O2S/c1-2-3-8-23-14-6-4-5-7-15(14)27-17(23)21-22-20-16-12(18)9-11(24(25)26)10-13(16)19/h4-7,9-10H,2-3,8H2,1H3/b21-17-,22-20?. The molecule has 0 bridgehead atoms. The number of fused-ring (bicyclic) bond motifs is 1. The van der Waals surface area contributed by atoms with Crippen LogP contribution in [0, 0.1) is 10.1 Å². The van der Waals surface area contributed by atoms with Crippen LogP contribution < -0.4 is 4.80 Å². The van der Waals surface area contributed by atoms with Crippen LogP contribution in [-0.4, -0.2) is 9.49 Å². The van der Waals surface area contributed by atoms with Crippen LogP contribution in [0.1, 0.15) is 19.8 Å². The van der Waals surface area contributed by atoms with Gasteiger partial charge in [-0.05, 0) is 55.6 Å². The van der Waals surface area contributed by atoms with Crippen LogP contribution in [-0.2, 0) is 6.54 Å². The van der Waals surface area contributed by atoms with Gasteiger partial charge in [-0.2, -0.15) is 0 Å². The van der Waals surface area contributed by atoms with Crippen molar-refractivity contribution in [3.05, 3.63) is 60.3 Å². The number of halogens is 2. The predicted molar refractivity (Wildman–Crippen MR) is 113 cm³/mol. The second-order valence-corrected chi connectivity index (χ2v) is 8.38. The van der Waals surface area contributed by atoms with Gasteiger partial charge in [0.25, 0.3) is 5.69 Å². The summed E-state index contributed by atoms with van der Waals surface area (Å²) in [6, 6.07) is 10.9. The molecule has 10 heteroatoms. The van der Waals surface area contributed by atoms with Gasteiger partial charge in [-0.25, -0.2) is 0 Å². The molecule has 0 aliphatic rings. The summed E-state index contributed by atoms with van der Waals surface area (Å²) in [5, 5.41) is 23.3. The van der Waals surface area contributed by atoms with Crippen LogP contribution >= 0.6 is 43.2 Å². The largest absolute Gasteiger partial charge is 0.315 e. The van der Waals surface area contributed by atoms with Crippen molar-refractivity contribution in [1.82, 2.24) is 4.57 Å². The highest BCUT2D eigenvalue weighted by molar-refractivity contribution is 9.11. The Bertz CT molecular complexity index is 1070. The lowest BCUT2D eigenvalue weighted by Gasteiger charge is -2.02. The average Bonchev–Trinajstić information content (AvgIpc) is 2.99. The normalized spacial score (nSPS) is 12.3. The Morgan fingerprint density at radius 1 is 1.22 bits per heavy atom. The Morgan fingerprint density at radius 3 is 2.59 bits per heavy atom. The second kappa shape index (κ2) is 8.85. The number of non-ortho nitro benzene ring substituents is 1. The van der Waals surface area contributed by atoms with Crippen molar-refractivity contribution in [2.45, 2.75) is 26.3 Å². The fourth-order valence-corrected chi connectivity index (χ4v) is 4.81. The molecule has 0 amide bonds. The highest BCUT2D eigenvalue weighted by Crippen LogP contribution is 2.37. The topological polar surface area (TPSA) is 85.1 Å². The molecule has 1 heterocycles. The zero-order chi connectivity index (χ0) is 19.4. The van der Waals surface area contributed by atoms with E-state index in [1.807, 2.05) is 12.1 Å².